The van der Waals surface area contributed by atoms with Gasteiger partial charge in [0.2, 0.25) is 7.28 Å². The zero-order valence-corrected chi connectivity index (χ0v) is 40.7. The lowest BCUT2D eigenvalue weighted by molar-refractivity contribution is 0.332. The van der Waals surface area contributed by atoms with Crippen molar-refractivity contribution in [2.75, 3.05) is 10.2 Å². The minimum absolute atomic E-state index is 0.0472. The number of hydrogen-bond donors (Lipinski definition) is 1. The van der Waals surface area contributed by atoms with Gasteiger partial charge in [-0.25, -0.2) is 0 Å². The third-order valence-electron chi connectivity index (χ3n) is 16.0. The molecule has 2 aliphatic carbocycles. The van der Waals surface area contributed by atoms with Gasteiger partial charge in [-0.1, -0.05) is 140 Å². The number of nitrogens with one attached hydrogen (secondary N) is 1. The fraction of sp³-hybridized carbons (Fsp3) is 0.279. The molecule has 5 heteroatoms. The number of hydrogen-bond acceptors (Lipinski definition) is 4. The summed E-state index contributed by atoms with van der Waals surface area (Å²) in [6, 6.07) is 50.0. The lowest BCUT2D eigenvalue weighted by Crippen LogP contribution is -2.40. The van der Waals surface area contributed by atoms with Gasteiger partial charge in [0, 0.05) is 55.2 Å². The minimum atomic E-state index is 0.0472. The molecule has 1 radical (unpaired) electrons. The molecule has 0 atom stereocenters. The third kappa shape index (κ3) is 6.36. The summed E-state index contributed by atoms with van der Waals surface area (Å²) in [4.78, 5) is 2.61. The number of furan rings is 1. The molecule has 327 valence electrons. The van der Waals surface area contributed by atoms with Crippen molar-refractivity contribution in [3.05, 3.63) is 161 Å². The minimum Gasteiger partial charge on any atom is -0.456 e. The van der Waals surface area contributed by atoms with E-state index < -0.39 is 0 Å². The number of rotatable bonds is 5. The lowest BCUT2D eigenvalue weighted by Gasteiger charge is -2.43. The van der Waals surface area contributed by atoms with E-state index >= 15 is 0 Å². The van der Waals surface area contributed by atoms with E-state index in [0.717, 1.165) is 51.0 Å². The van der Waals surface area contributed by atoms with E-state index in [-0.39, 0.29) is 21.7 Å². The van der Waals surface area contributed by atoms with Gasteiger partial charge in [-0.2, -0.15) is 0 Å². The van der Waals surface area contributed by atoms with Crippen LogP contribution in [-0.2, 0) is 21.7 Å². The zero-order valence-electron chi connectivity index (χ0n) is 39.9. The summed E-state index contributed by atoms with van der Waals surface area (Å²) in [5.74, 6) is 0. The Hall–Kier alpha value is -6.04. The Balaban J connectivity index is 1.17. The van der Waals surface area contributed by atoms with Crippen LogP contribution in [0.2, 0.25) is 0 Å². The van der Waals surface area contributed by atoms with Gasteiger partial charge in [0.15, 0.2) is 0 Å². The molecule has 9 aromatic rings. The second-order valence-corrected chi connectivity index (χ2v) is 23.3. The molecule has 66 heavy (non-hydrogen) atoms. The molecule has 0 amide bonds. The molecule has 7 aromatic carbocycles. The van der Waals surface area contributed by atoms with Crippen LogP contribution in [0.25, 0.3) is 54.3 Å². The maximum absolute atomic E-state index is 7.02. The second kappa shape index (κ2) is 14.5. The maximum Gasteiger partial charge on any atom is 0.211 e. The van der Waals surface area contributed by atoms with Gasteiger partial charge >= 0.3 is 0 Å². The van der Waals surface area contributed by atoms with Crippen LogP contribution in [0.4, 0.5) is 28.4 Å². The Kier molecular flexibility index (Phi) is 9.08. The van der Waals surface area contributed by atoms with Crippen molar-refractivity contribution in [3.8, 4) is 22.3 Å². The van der Waals surface area contributed by atoms with Crippen molar-refractivity contribution in [3.63, 3.8) is 0 Å². The number of thiophene rings is 1. The van der Waals surface area contributed by atoms with Crippen LogP contribution in [0.3, 0.4) is 0 Å². The normalized spacial score (nSPS) is 17.5. The Morgan fingerprint density at radius 3 is 1.94 bits per heavy atom. The van der Waals surface area contributed by atoms with Crippen LogP contribution in [0, 0.1) is 6.92 Å². The summed E-state index contributed by atoms with van der Waals surface area (Å²) in [5.41, 5.74) is 21.0. The van der Waals surface area contributed by atoms with Crippen LogP contribution >= 0.6 is 11.3 Å². The largest absolute Gasteiger partial charge is 0.456 e. The maximum atomic E-state index is 7.02. The van der Waals surface area contributed by atoms with Crippen LogP contribution in [0.15, 0.2) is 138 Å². The van der Waals surface area contributed by atoms with Crippen molar-refractivity contribution in [1.29, 1.82) is 0 Å². The Morgan fingerprint density at radius 2 is 1.20 bits per heavy atom. The van der Waals surface area contributed by atoms with E-state index in [0.29, 0.717) is 0 Å². The predicted octanol–water partition coefficient (Wildman–Crippen LogP) is 16.3. The highest BCUT2D eigenvalue weighted by Gasteiger charge is 2.41. The molecule has 0 saturated carbocycles. The van der Waals surface area contributed by atoms with E-state index in [1.165, 1.54) is 95.5 Å². The number of benzene rings is 7. The predicted molar refractivity (Wildman–Crippen MR) is 285 cm³/mol. The number of aryl methyl sites for hydroxylation is 1. The monoisotopic (exact) mass is 877 g/mol. The van der Waals surface area contributed by atoms with Crippen molar-refractivity contribution in [1.82, 2.24) is 0 Å². The molecule has 0 fully saturated rings. The van der Waals surface area contributed by atoms with Crippen molar-refractivity contribution in [2.24, 2.45) is 0 Å². The molecule has 3 aliphatic rings. The van der Waals surface area contributed by atoms with Gasteiger partial charge in [0.1, 0.15) is 11.2 Å². The standard InChI is InChI=1S/C61H58BN2OS/c1-36-31-44-46(61(8,9)30-29-59(44,4)5)34-48(36)64-49-35-51-53(40-19-13-15-21-50(40)65-51)54(55(49)62-57-56(64)41-20-14-16-22-52(41)66-57)42-32-38(37-17-11-10-12-18-37)23-26-47(42)63-39-24-25-43-45(33-39)60(6,7)28-27-58(43,2)3/h10-26,31-35,63H,27-30H2,1-9H3. The summed E-state index contributed by atoms with van der Waals surface area (Å²) in [5, 5.41) is 7.59. The molecule has 0 spiro atoms. The summed E-state index contributed by atoms with van der Waals surface area (Å²) >= 11 is 1.89. The van der Waals surface area contributed by atoms with Crippen molar-refractivity contribution in [2.45, 2.75) is 110 Å². The first kappa shape index (κ1) is 41.4. The summed E-state index contributed by atoms with van der Waals surface area (Å²) in [7, 11) is 2.49. The van der Waals surface area contributed by atoms with Crippen LogP contribution in [0.1, 0.15) is 109 Å². The molecule has 0 bridgehead atoms. The molecule has 12 rings (SSSR count). The molecule has 0 saturated heterocycles. The van der Waals surface area contributed by atoms with Gasteiger partial charge in [-0.15, -0.1) is 11.3 Å². The Bertz CT molecular complexity index is 3460. The van der Waals surface area contributed by atoms with Gasteiger partial charge < -0.3 is 14.6 Å². The molecule has 1 aliphatic heterocycles. The summed E-state index contributed by atoms with van der Waals surface area (Å²) < 4.78 is 9.58. The van der Waals surface area contributed by atoms with E-state index in [1.807, 2.05) is 11.3 Å². The van der Waals surface area contributed by atoms with Crippen molar-refractivity contribution >= 4 is 89.3 Å². The average molecular weight is 878 g/mol. The van der Waals surface area contributed by atoms with E-state index in [2.05, 4.69) is 213 Å². The van der Waals surface area contributed by atoms with E-state index in [4.69, 9.17) is 4.42 Å². The molecule has 1 N–H and O–H groups in total. The van der Waals surface area contributed by atoms with Gasteiger partial charge in [0.05, 0.1) is 5.69 Å². The zero-order chi connectivity index (χ0) is 45.5. The molecule has 3 heterocycles. The highest BCUT2D eigenvalue weighted by Crippen LogP contribution is 2.53. The first-order chi connectivity index (χ1) is 31.6. The first-order valence-corrected chi connectivity index (χ1v) is 24.8. The van der Waals surface area contributed by atoms with Crippen molar-refractivity contribution < 1.29 is 4.42 Å². The second-order valence-electron chi connectivity index (χ2n) is 22.2. The molecular formula is C61H58BN2OS. The molecule has 2 aromatic heterocycles. The topological polar surface area (TPSA) is 28.4 Å². The fourth-order valence-corrected chi connectivity index (χ4v) is 13.0. The summed E-state index contributed by atoms with van der Waals surface area (Å²) in [6.07, 6.45) is 4.69. The molecular weight excluding hydrogens is 820 g/mol. The average Bonchev–Trinajstić information content (AvgIpc) is 3.87. The Labute approximate surface area is 395 Å². The molecule has 3 nitrogen and oxygen atoms in total. The van der Waals surface area contributed by atoms with E-state index in [9.17, 15) is 0 Å². The molecule has 0 unspecified atom stereocenters. The van der Waals surface area contributed by atoms with Gasteiger partial charge in [-0.3, -0.25) is 0 Å². The smallest absolute Gasteiger partial charge is 0.211 e. The lowest BCUT2D eigenvalue weighted by atomic mass is 9.61. The fourth-order valence-electron chi connectivity index (χ4n) is 11.8. The summed E-state index contributed by atoms with van der Waals surface area (Å²) in [6.45, 7) is 21.7. The Morgan fingerprint density at radius 1 is 0.561 bits per heavy atom. The number of nitrogens with zero attached hydrogens (tertiary/aromatic N) is 1. The van der Waals surface area contributed by atoms with Crippen LogP contribution in [0.5, 0.6) is 0 Å². The third-order valence-corrected chi connectivity index (χ3v) is 17.1. The highest BCUT2D eigenvalue weighted by molar-refractivity contribution is 7.29. The van der Waals surface area contributed by atoms with Gasteiger partial charge in [-0.05, 0) is 151 Å². The quantitative estimate of drug-likeness (QED) is 0.175. The highest BCUT2D eigenvalue weighted by atomic mass is 32.1. The SMILES string of the molecule is Cc1cc2c(cc1N1c3cc4oc5ccccc5c4c(-c4cc(-c5ccccc5)ccc4Nc4ccc5c(c4)C(C)(C)CCC5(C)C)c3[B]c3sc4ccccc4c31)C(C)(C)CCC2(C)C. The van der Waals surface area contributed by atoms with E-state index in [1.54, 1.807) is 0 Å². The van der Waals surface area contributed by atoms with Gasteiger partial charge in [0.25, 0.3) is 0 Å². The van der Waals surface area contributed by atoms with Crippen LogP contribution in [-0.4, -0.2) is 7.28 Å². The number of anilines is 5. The van der Waals surface area contributed by atoms with Crippen LogP contribution < -0.4 is 20.5 Å². The number of para-hydroxylation sites is 1. The first-order valence-electron chi connectivity index (χ1n) is 24.0. The number of fused-ring (bicyclic) bond motifs is 9.